The van der Waals surface area contributed by atoms with Crippen molar-refractivity contribution in [2.24, 2.45) is 0 Å². The number of rotatable bonds is 33. The van der Waals surface area contributed by atoms with E-state index in [1.165, 1.54) is 211 Å². The Morgan fingerprint density at radius 1 is 0.282 bits per heavy atom. The standard InChI is InChI=1S/C37H78ClP/c1-5-8-11-14-17-20-23-26-29-32-35-39(4,38,36-33-30-27-24-21-18-15-12-9-6-2)37-34-31-28-25-22-19-16-13-10-7-3/h5-37H2,1-4H3. The summed E-state index contributed by atoms with van der Waals surface area (Å²) >= 11 is 7.76. The molecule has 0 spiro atoms. The van der Waals surface area contributed by atoms with Gasteiger partial charge in [0, 0.05) is 0 Å². The molecular formula is C37H78ClP. The zero-order valence-electron chi connectivity index (χ0n) is 28.2. The predicted molar refractivity (Wildman–Crippen MR) is 189 cm³/mol. The van der Waals surface area contributed by atoms with Gasteiger partial charge in [-0.3, -0.25) is 0 Å². The zero-order chi connectivity index (χ0) is 28.8. The Morgan fingerprint density at radius 2 is 0.436 bits per heavy atom. The Kier molecular flexibility index (Phi) is 29.4. The summed E-state index contributed by atoms with van der Waals surface area (Å²) in [6, 6.07) is 0. The van der Waals surface area contributed by atoms with Crippen LogP contribution in [-0.2, 0) is 0 Å². The van der Waals surface area contributed by atoms with E-state index in [9.17, 15) is 0 Å². The van der Waals surface area contributed by atoms with Crippen LogP contribution in [0.1, 0.15) is 213 Å². The van der Waals surface area contributed by atoms with E-state index in [2.05, 4.69) is 27.4 Å². The minimum atomic E-state index is -2.04. The van der Waals surface area contributed by atoms with Crippen LogP contribution in [0.5, 0.6) is 0 Å². The third-order valence-electron chi connectivity index (χ3n) is 9.41. The van der Waals surface area contributed by atoms with Crippen molar-refractivity contribution in [3.05, 3.63) is 0 Å². The number of halogens is 1. The van der Waals surface area contributed by atoms with Gasteiger partial charge in [0.1, 0.15) is 0 Å². The molecule has 0 aliphatic carbocycles. The summed E-state index contributed by atoms with van der Waals surface area (Å²) in [7, 11) is 0. The van der Waals surface area contributed by atoms with Crippen LogP contribution in [0.25, 0.3) is 0 Å². The molecule has 0 aromatic heterocycles. The maximum absolute atomic E-state index is 7.76. The van der Waals surface area contributed by atoms with E-state index in [1.807, 2.05) is 0 Å². The van der Waals surface area contributed by atoms with E-state index in [1.54, 1.807) is 0 Å². The number of hydrogen-bond donors (Lipinski definition) is 0. The van der Waals surface area contributed by atoms with E-state index in [0.717, 1.165) is 0 Å². The molecule has 39 heavy (non-hydrogen) atoms. The number of unbranched alkanes of at least 4 members (excludes halogenated alkanes) is 27. The summed E-state index contributed by atoms with van der Waals surface area (Å²) in [4.78, 5) is 0. The molecule has 0 aromatic carbocycles. The van der Waals surface area contributed by atoms with Crippen molar-refractivity contribution < 1.29 is 0 Å². The van der Waals surface area contributed by atoms with E-state index in [0.29, 0.717) is 0 Å². The Labute approximate surface area is 255 Å². The van der Waals surface area contributed by atoms with Crippen LogP contribution in [0.4, 0.5) is 0 Å². The maximum atomic E-state index is 7.76. The molecule has 0 fully saturated rings. The van der Waals surface area contributed by atoms with E-state index in [4.69, 9.17) is 11.2 Å². The molecule has 0 unspecified atom stereocenters. The molecule has 0 radical (unpaired) electrons. The first-order valence-corrected chi connectivity index (χ1v) is 22.8. The molecule has 0 aliphatic rings. The minimum absolute atomic E-state index is 1.36. The van der Waals surface area contributed by atoms with E-state index >= 15 is 0 Å². The summed E-state index contributed by atoms with van der Waals surface area (Å²) in [5, 5.41) is 0. The van der Waals surface area contributed by atoms with Crippen molar-refractivity contribution in [2.75, 3.05) is 25.2 Å². The second-order valence-corrected chi connectivity index (χ2v) is 22.7. The molecule has 0 rings (SSSR count). The van der Waals surface area contributed by atoms with Crippen molar-refractivity contribution in [1.82, 2.24) is 0 Å². The van der Waals surface area contributed by atoms with Gasteiger partial charge in [-0.2, -0.15) is 0 Å². The summed E-state index contributed by atoms with van der Waals surface area (Å²) in [5.41, 5.74) is 0. The Morgan fingerprint density at radius 3 is 0.615 bits per heavy atom. The molecule has 0 N–H and O–H groups in total. The van der Waals surface area contributed by atoms with Crippen LogP contribution in [0.2, 0.25) is 0 Å². The van der Waals surface area contributed by atoms with Crippen LogP contribution in [0.3, 0.4) is 0 Å². The van der Waals surface area contributed by atoms with Gasteiger partial charge < -0.3 is 0 Å². The predicted octanol–water partition coefficient (Wildman–Crippen LogP) is 15.1. The molecule has 0 nitrogen and oxygen atoms in total. The van der Waals surface area contributed by atoms with Crippen LogP contribution in [0.15, 0.2) is 0 Å². The van der Waals surface area contributed by atoms with Crippen LogP contribution >= 0.6 is 17.2 Å². The number of hydrogen-bond acceptors (Lipinski definition) is 0. The van der Waals surface area contributed by atoms with Gasteiger partial charge in [-0.15, -0.1) is 0 Å². The molecule has 0 amide bonds. The molecular weight excluding hydrogens is 511 g/mol. The van der Waals surface area contributed by atoms with Gasteiger partial charge in [0.05, 0.1) is 0 Å². The summed E-state index contributed by atoms with van der Waals surface area (Å²) in [6.07, 6.45) is 47.0. The van der Waals surface area contributed by atoms with Gasteiger partial charge in [-0.1, -0.05) is 0 Å². The zero-order valence-corrected chi connectivity index (χ0v) is 29.8. The fourth-order valence-corrected chi connectivity index (χ4v) is 11.5. The monoisotopic (exact) mass is 589 g/mol. The molecule has 238 valence electrons. The van der Waals surface area contributed by atoms with Crippen molar-refractivity contribution in [1.29, 1.82) is 0 Å². The summed E-state index contributed by atoms with van der Waals surface area (Å²) in [5.74, 6) is -2.04. The first-order chi connectivity index (χ1) is 19.0. The third-order valence-corrected chi connectivity index (χ3v) is 15.6. The topological polar surface area (TPSA) is 0 Å². The third kappa shape index (κ3) is 28.6. The molecule has 2 heteroatoms. The van der Waals surface area contributed by atoms with Gasteiger partial charge in [0.2, 0.25) is 0 Å². The van der Waals surface area contributed by atoms with Crippen molar-refractivity contribution in [3.63, 3.8) is 0 Å². The van der Waals surface area contributed by atoms with Crippen molar-refractivity contribution in [3.8, 4) is 0 Å². The van der Waals surface area contributed by atoms with Gasteiger partial charge in [-0.05, 0) is 0 Å². The molecule has 0 aliphatic heterocycles. The Bertz CT molecular complexity index is 407. The second-order valence-electron chi connectivity index (χ2n) is 13.9. The first kappa shape index (κ1) is 39.7. The molecule has 0 saturated carbocycles. The molecule has 0 atom stereocenters. The summed E-state index contributed by atoms with van der Waals surface area (Å²) < 4.78 is 0. The van der Waals surface area contributed by atoms with Gasteiger partial charge >= 0.3 is 256 Å². The molecule has 0 bridgehead atoms. The van der Waals surface area contributed by atoms with Crippen molar-refractivity contribution >= 4 is 17.2 Å². The van der Waals surface area contributed by atoms with E-state index < -0.39 is 5.96 Å². The summed E-state index contributed by atoms with van der Waals surface area (Å²) in [6.45, 7) is 9.52. The molecule has 0 aromatic rings. The van der Waals surface area contributed by atoms with Crippen LogP contribution in [0, 0.1) is 0 Å². The van der Waals surface area contributed by atoms with Crippen molar-refractivity contribution in [2.45, 2.75) is 213 Å². The van der Waals surface area contributed by atoms with Gasteiger partial charge in [-0.25, -0.2) is 0 Å². The Balaban J connectivity index is 4.25. The average Bonchev–Trinajstić information content (AvgIpc) is 2.92. The second kappa shape index (κ2) is 28.8. The van der Waals surface area contributed by atoms with Gasteiger partial charge in [0.25, 0.3) is 0 Å². The quantitative estimate of drug-likeness (QED) is 0.0528. The van der Waals surface area contributed by atoms with E-state index in [-0.39, 0.29) is 0 Å². The Hall–Kier alpha value is 0.720. The van der Waals surface area contributed by atoms with Crippen LogP contribution < -0.4 is 0 Å². The fourth-order valence-electron chi connectivity index (χ4n) is 6.46. The molecule has 0 saturated heterocycles. The average molecular weight is 589 g/mol. The SMILES string of the molecule is CCCCCCCCCCCCP(C)(Cl)(CCCCCCCCCCCC)CCCCCCCCCCCC. The van der Waals surface area contributed by atoms with Gasteiger partial charge in [0.15, 0.2) is 0 Å². The first-order valence-electron chi connectivity index (χ1n) is 18.7. The fraction of sp³-hybridized carbons (Fsp3) is 1.00. The molecule has 0 heterocycles. The van der Waals surface area contributed by atoms with Crippen LogP contribution in [-0.4, -0.2) is 25.2 Å². The normalized spacial score (nSPS) is 13.1.